The van der Waals surface area contributed by atoms with E-state index in [1.165, 1.54) is 26.0 Å². The summed E-state index contributed by atoms with van der Waals surface area (Å²) in [6.45, 7) is 4.57. The highest BCUT2D eigenvalue weighted by Gasteiger charge is 2.28. The number of nitrogens with one attached hydrogen (secondary N) is 1. The van der Waals surface area contributed by atoms with Gasteiger partial charge in [0.2, 0.25) is 0 Å². The lowest BCUT2D eigenvalue weighted by Gasteiger charge is -2.23. The van der Waals surface area contributed by atoms with Crippen molar-refractivity contribution in [1.29, 1.82) is 0 Å². The van der Waals surface area contributed by atoms with E-state index in [-0.39, 0.29) is 5.69 Å². The number of carboxylic acid groups (broad SMARTS) is 1. The van der Waals surface area contributed by atoms with Gasteiger partial charge in [-0.15, -0.1) is 0 Å². The molecule has 0 aliphatic rings. The molecular weight excluding hydrogens is 224 g/mol. The average molecular weight is 238 g/mol. The van der Waals surface area contributed by atoms with Crippen LogP contribution in [0.5, 0.6) is 0 Å². The van der Waals surface area contributed by atoms with Gasteiger partial charge in [0.1, 0.15) is 5.54 Å². The minimum atomic E-state index is -1.18. The van der Waals surface area contributed by atoms with Crippen LogP contribution in [0.2, 0.25) is 0 Å². The topological polar surface area (TPSA) is 92.5 Å². The second-order valence-corrected chi connectivity index (χ2v) is 4.26. The molecule has 0 unspecified atom stereocenters. The minimum Gasteiger partial charge on any atom is -0.480 e. The lowest BCUT2D eigenvalue weighted by atomic mass is 10.0. The van der Waals surface area contributed by atoms with Crippen LogP contribution in [0.3, 0.4) is 0 Å². The summed E-state index contributed by atoms with van der Waals surface area (Å²) in [6.07, 6.45) is 0. The highest BCUT2D eigenvalue weighted by Crippen LogP contribution is 2.27. The Hall–Kier alpha value is -2.11. The Bertz CT molecular complexity index is 469. The van der Waals surface area contributed by atoms with Gasteiger partial charge < -0.3 is 10.4 Å². The fourth-order valence-electron chi connectivity index (χ4n) is 1.35. The Balaban J connectivity index is 3.13. The molecule has 2 N–H and O–H groups in total. The predicted molar refractivity (Wildman–Crippen MR) is 63.2 cm³/mol. The highest BCUT2D eigenvalue weighted by atomic mass is 16.6. The van der Waals surface area contributed by atoms with E-state index in [1.807, 2.05) is 0 Å². The summed E-state index contributed by atoms with van der Waals surface area (Å²) in [5, 5.41) is 22.5. The summed E-state index contributed by atoms with van der Waals surface area (Å²) in [5.41, 5.74) is -0.338. The normalized spacial score (nSPS) is 11.0. The van der Waals surface area contributed by atoms with Gasteiger partial charge in [0.25, 0.3) is 5.69 Å². The number of anilines is 1. The number of aliphatic carboxylic acids is 1. The molecule has 92 valence electrons. The third kappa shape index (κ3) is 2.72. The van der Waals surface area contributed by atoms with Crippen LogP contribution in [-0.2, 0) is 4.79 Å². The first kappa shape index (κ1) is 13.0. The summed E-state index contributed by atoms with van der Waals surface area (Å²) < 4.78 is 0. The van der Waals surface area contributed by atoms with E-state index in [0.717, 1.165) is 0 Å². The molecule has 0 radical (unpaired) electrons. The third-order valence-electron chi connectivity index (χ3n) is 2.48. The maximum atomic E-state index is 11.0. The second-order valence-electron chi connectivity index (χ2n) is 4.26. The van der Waals surface area contributed by atoms with E-state index in [2.05, 4.69) is 5.32 Å². The zero-order valence-electron chi connectivity index (χ0n) is 9.85. The van der Waals surface area contributed by atoms with Gasteiger partial charge >= 0.3 is 5.97 Å². The molecule has 0 bridgehead atoms. The van der Waals surface area contributed by atoms with Crippen molar-refractivity contribution in [3.05, 3.63) is 33.9 Å². The Morgan fingerprint density at radius 2 is 2.06 bits per heavy atom. The van der Waals surface area contributed by atoms with Crippen LogP contribution in [0, 0.1) is 17.0 Å². The van der Waals surface area contributed by atoms with Crippen molar-refractivity contribution in [3.63, 3.8) is 0 Å². The van der Waals surface area contributed by atoms with E-state index in [4.69, 9.17) is 5.11 Å². The lowest BCUT2D eigenvalue weighted by molar-refractivity contribution is -0.385. The molecule has 0 aliphatic carbocycles. The van der Waals surface area contributed by atoms with Gasteiger partial charge in [-0.25, -0.2) is 4.79 Å². The Morgan fingerprint density at radius 1 is 1.47 bits per heavy atom. The van der Waals surface area contributed by atoms with Crippen molar-refractivity contribution in [2.24, 2.45) is 0 Å². The van der Waals surface area contributed by atoms with Gasteiger partial charge in [0.05, 0.1) is 4.92 Å². The number of hydrogen-bond donors (Lipinski definition) is 2. The zero-order chi connectivity index (χ0) is 13.2. The van der Waals surface area contributed by atoms with Gasteiger partial charge in [-0.1, -0.05) is 6.07 Å². The number of carboxylic acids is 1. The van der Waals surface area contributed by atoms with Gasteiger partial charge in [0.15, 0.2) is 0 Å². The maximum absolute atomic E-state index is 11.0. The van der Waals surface area contributed by atoms with Gasteiger partial charge in [-0.3, -0.25) is 10.1 Å². The molecule has 0 aromatic heterocycles. The molecule has 0 fully saturated rings. The molecule has 0 saturated heterocycles. The Labute approximate surface area is 98.4 Å². The zero-order valence-corrected chi connectivity index (χ0v) is 9.85. The number of nitro benzene ring substituents is 1. The number of nitrogens with zero attached hydrogens (tertiary/aromatic N) is 1. The summed E-state index contributed by atoms with van der Waals surface area (Å²) in [6, 6.07) is 4.52. The molecule has 1 rings (SSSR count). The first-order chi connectivity index (χ1) is 7.75. The predicted octanol–water partition coefficient (Wildman–Crippen LogP) is 2.18. The monoisotopic (exact) mass is 238 g/mol. The molecule has 0 aliphatic heterocycles. The number of nitro groups is 1. The SMILES string of the molecule is Cc1c(NC(C)(C)C(=O)O)cccc1[N+](=O)[O-]. The fraction of sp³-hybridized carbons (Fsp3) is 0.364. The molecule has 17 heavy (non-hydrogen) atoms. The van der Waals surface area contributed by atoms with E-state index in [9.17, 15) is 14.9 Å². The van der Waals surface area contributed by atoms with Crippen LogP contribution in [0.4, 0.5) is 11.4 Å². The number of rotatable bonds is 4. The molecule has 6 nitrogen and oxygen atoms in total. The fourth-order valence-corrected chi connectivity index (χ4v) is 1.35. The van der Waals surface area contributed by atoms with Crippen LogP contribution < -0.4 is 5.32 Å². The quantitative estimate of drug-likeness (QED) is 0.619. The van der Waals surface area contributed by atoms with Crippen molar-refractivity contribution in [2.75, 3.05) is 5.32 Å². The smallest absolute Gasteiger partial charge is 0.328 e. The standard InChI is InChI=1S/C11H14N2O4/c1-7-8(12-11(2,3)10(14)15)5-4-6-9(7)13(16)17/h4-6,12H,1-3H3,(H,14,15). The Kier molecular flexibility index (Phi) is 3.36. The number of hydrogen-bond acceptors (Lipinski definition) is 4. The molecule has 0 saturated carbocycles. The van der Waals surface area contributed by atoms with Crippen molar-refractivity contribution >= 4 is 17.3 Å². The molecule has 0 heterocycles. The van der Waals surface area contributed by atoms with E-state index >= 15 is 0 Å². The van der Waals surface area contributed by atoms with Crippen LogP contribution in [-0.4, -0.2) is 21.5 Å². The van der Waals surface area contributed by atoms with Crippen LogP contribution in [0.25, 0.3) is 0 Å². The maximum Gasteiger partial charge on any atom is 0.328 e. The van der Waals surface area contributed by atoms with Gasteiger partial charge in [-0.05, 0) is 26.8 Å². The molecule has 0 atom stereocenters. The molecular formula is C11H14N2O4. The van der Waals surface area contributed by atoms with Crippen molar-refractivity contribution in [1.82, 2.24) is 0 Å². The molecule has 6 heteroatoms. The molecule has 0 amide bonds. The first-order valence-corrected chi connectivity index (χ1v) is 5.01. The Morgan fingerprint density at radius 3 is 2.53 bits per heavy atom. The van der Waals surface area contributed by atoms with Crippen molar-refractivity contribution in [2.45, 2.75) is 26.3 Å². The molecule has 1 aromatic rings. The van der Waals surface area contributed by atoms with Crippen molar-refractivity contribution < 1.29 is 14.8 Å². The number of benzene rings is 1. The molecule has 1 aromatic carbocycles. The second kappa shape index (κ2) is 4.40. The van der Waals surface area contributed by atoms with E-state index in [0.29, 0.717) is 11.3 Å². The van der Waals surface area contributed by atoms with Gasteiger partial charge in [-0.2, -0.15) is 0 Å². The van der Waals surface area contributed by atoms with Crippen LogP contribution in [0.1, 0.15) is 19.4 Å². The molecule has 0 spiro atoms. The van der Waals surface area contributed by atoms with Crippen LogP contribution >= 0.6 is 0 Å². The largest absolute Gasteiger partial charge is 0.480 e. The first-order valence-electron chi connectivity index (χ1n) is 5.01. The third-order valence-corrected chi connectivity index (χ3v) is 2.48. The van der Waals surface area contributed by atoms with Crippen molar-refractivity contribution in [3.8, 4) is 0 Å². The summed E-state index contributed by atoms with van der Waals surface area (Å²) >= 11 is 0. The summed E-state index contributed by atoms with van der Waals surface area (Å²) in [5.74, 6) is -1.02. The van der Waals surface area contributed by atoms with E-state index in [1.54, 1.807) is 13.0 Å². The minimum absolute atomic E-state index is 0.0313. The average Bonchev–Trinajstić information content (AvgIpc) is 2.20. The van der Waals surface area contributed by atoms with E-state index < -0.39 is 16.4 Å². The van der Waals surface area contributed by atoms with Crippen LogP contribution in [0.15, 0.2) is 18.2 Å². The summed E-state index contributed by atoms with van der Waals surface area (Å²) in [4.78, 5) is 21.2. The summed E-state index contributed by atoms with van der Waals surface area (Å²) in [7, 11) is 0. The van der Waals surface area contributed by atoms with Gasteiger partial charge in [0, 0.05) is 17.3 Å². The lowest BCUT2D eigenvalue weighted by Crippen LogP contribution is -2.40. The number of carbonyl (C=O) groups is 1. The highest BCUT2D eigenvalue weighted by molar-refractivity contribution is 5.82.